The Morgan fingerprint density at radius 1 is 1.24 bits per heavy atom. The number of aliphatic hydroxyl groups excluding tert-OH is 1. The van der Waals surface area contributed by atoms with E-state index in [9.17, 15) is 22.7 Å². The fraction of sp³-hybridized carbons (Fsp3) is 0.435. The standard InChI is InChI=1S/C23H30FN3O6S/c1-14(2)21-19(11-10-17(28)12-18(33-4)13-20(29)30)22(15-6-8-16(24)9-7-15)26-23(25-21)27(3)34(5,31)32/h6-11,14,17-18,28H,12-13H2,1-5H3,(H,29,30)/b11-10+/t17-,18-/m1/s1. The number of nitrogens with zero attached hydrogens (tertiary/aromatic N) is 3. The number of rotatable bonds is 11. The van der Waals surface area contributed by atoms with E-state index in [1.54, 1.807) is 6.08 Å². The van der Waals surface area contributed by atoms with Crippen LogP contribution < -0.4 is 4.31 Å². The van der Waals surface area contributed by atoms with Gasteiger partial charge in [-0.2, -0.15) is 0 Å². The van der Waals surface area contributed by atoms with Crippen LogP contribution in [0.5, 0.6) is 0 Å². The van der Waals surface area contributed by atoms with Gasteiger partial charge in [-0.15, -0.1) is 0 Å². The molecule has 1 aromatic heterocycles. The Labute approximate surface area is 199 Å². The van der Waals surface area contributed by atoms with E-state index in [-0.39, 0.29) is 24.7 Å². The van der Waals surface area contributed by atoms with Gasteiger partial charge in [0.15, 0.2) is 0 Å². The van der Waals surface area contributed by atoms with Crippen molar-refractivity contribution in [3.63, 3.8) is 0 Å². The number of halogens is 1. The molecule has 1 aromatic carbocycles. The van der Waals surface area contributed by atoms with Gasteiger partial charge >= 0.3 is 5.97 Å². The first-order valence-electron chi connectivity index (χ1n) is 10.6. The number of hydrogen-bond donors (Lipinski definition) is 2. The lowest BCUT2D eigenvalue weighted by Gasteiger charge is -2.20. The molecular formula is C23H30FN3O6S. The summed E-state index contributed by atoms with van der Waals surface area (Å²) >= 11 is 0. The van der Waals surface area contributed by atoms with Gasteiger partial charge in [0.2, 0.25) is 16.0 Å². The number of carbonyl (C=O) groups is 1. The summed E-state index contributed by atoms with van der Waals surface area (Å²) in [6.07, 6.45) is 2.22. The number of aromatic nitrogens is 2. The molecule has 0 saturated heterocycles. The molecule has 0 amide bonds. The number of carboxylic acid groups (broad SMARTS) is 1. The normalized spacial score (nSPS) is 13.9. The number of anilines is 1. The molecule has 0 spiro atoms. The van der Waals surface area contributed by atoms with Crippen LogP contribution in [0.25, 0.3) is 17.3 Å². The highest BCUT2D eigenvalue weighted by atomic mass is 32.2. The molecule has 0 aliphatic heterocycles. The maximum Gasteiger partial charge on any atom is 0.305 e. The molecule has 2 aromatic rings. The number of ether oxygens (including phenoxy) is 1. The number of benzene rings is 1. The smallest absolute Gasteiger partial charge is 0.305 e. The molecule has 0 aliphatic rings. The minimum absolute atomic E-state index is 0.0378. The second kappa shape index (κ2) is 11.5. The number of aliphatic hydroxyl groups is 1. The largest absolute Gasteiger partial charge is 0.481 e. The Morgan fingerprint density at radius 2 is 1.85 bits per heavy atom. The van der Waals surface area contributed by atoms with E-state index in [1.807, 2.05) is 13.8 Å². The topological polar surface area (TPSA) is 130 Å². The van der Waals surface area contributed by atoms with Gasteiger partial charge in [0.25, 0.3) is 0 Å². The molecule has 11 heteroatoms. The summed E-state index contributed by atoms with van der Waals surface area (Å²) in [6.45, 7) is 3.76. The second-order valence-corrected chi connectivity index (χ2v) is 10.2. The summed E-state index contributed by atoms with van der Waals surface area (Å²) in [7, 11) is -0.924. The second-order valence-electron chi connectivity index (χ2n) is 8.18. The monoisotopic (exact) mass is 495 g/mol. The minimum Gasteiger partial charge on any atom is -0.481 e. The van der Waals surface area contributed by atoms with Crippen molar-refractivity contribution in [2.45, 2.75) is 44.8 Å². The van der Waals surface area contributed by atoms with Crippen molar-refractivity contribution < 1.29 is 32.6 Å². The lowest BCUT2D eigenvalue weighted by atomic mass is 9.97. The van der Waals surface area contributed by atoms with Crippen LogP contribution in [0.3, 0.4) is 0 Å². The van der Waals surface area contributed by atoms with Crippen LogP contribution in [0, 0.1) is 5.82 Å². The molecule has 1 heterocycles. The molecule has 0 fully saturated rings. The Balaban J connectivity index is 2.61. The highest BCUT2D eigenvalue weighted by molar-refractivity contribution is 7.92. The maximum atomic E-state index is 13.6. The molecule has 0 aliphatic carbocycles. The molecule has 0 bridgehead atoms. The number of aliphatic carboxylic acids is 1. The molecule has 0 saturated carbocycles. The van der Waals surface area contributed by atoms with Crippen molar-refractivity contribution in [2.75, 3.05) is 24.7 Å². The molecule has 0 unspecified atom stereocenters. The quantitative estimate of drug-likeness (QED) is 0.487. The number of methoxy groups -OCH3 is 1. The van der Waals surface area contributed by atoms with E-state index in [0.717, 1.165) is 10.6 Å². The maximum absolute atomic E-state index is 13.6. The Hall–Kier alpha value is -2.89. The van der Waals surface area contributed by atoms with Crippen LogP contribution in [-0.4, -0.2) is 67.2 Å². The Bertz CT molecular complexity index is 1140. The summed E-state index contributed by atoms with van der Waals surface area (Å²) in [4.78, 5) is 19.9. The SMILES string of the molecule is CO[C@@H](CC(=O)O)C[C@H](O)/C=C/c1c(-c2ccc(F)cc2)nc(N(C)S(C)(=O)=O)nc1C(C)C. The molecule has 2 rings (SSSR count). The van der Waals surface area contributed by atoms with Crippen molar-refractivity contribution in [1.82, 2.24) is 9.97 Å². The zero-order valence-corrected chi connectivity index (χ0v) is 20.6. The summed E-state index contributed by atoms with van der Waals surface area (Å²) in [5.74, 6) is -1.66. The summed E-state index contributed by atoms with van der Waals surface area (Å²) in [5.41, 5.74) is 1.95. The van der Waals surface area contributed by atoms with E-state index in [0.29, 0.717) is 22.5 Å². The number of sulfonamides is 1. The average Bonchev–Trinajstić information content (AvgIpc) is 2.75. The Morgan fingerprint density at radius 3 is 2.35 bits per heavy atom. The average molecular weight is 496 g/mol. The lowest BCUT2D eigenvalue weighted by Crippen LogP contribution is -2.27. The van der Waals surface area contributed by atoms with E-state index < -0.39 is 34.0 Å². The summed E-state index contributed by atoms with van der Waals surface area (Å²) in [6, 6.07) is 5.58. The van der Waals surface area contributed by atoms with Gasteiger partial charge in [0.1, 0.15) is 5.82 Å². The molecule has 9 nitrogen and oxygen atoms in total. The third-order valence-corrected chi connectivity index (χ3v) is 6.29. The molecule has 0 radical (unpaired) electrons. The zero-order valence-electron chi connectivity index (χ0n) is 19.8. The van der Waals surface area contributed by atoms with Crippen LogP contribution in [-0.2, 0) is 19.6 Å². The molecule has 2 atom stereocenters. The molecule has 186 valence electrons. The van der Waals surface area contributed by atoms with Crippen molar-refractivity contribution in [3.8, 4) is 11.3 Å². The van der Waals surface area contributed by atoms with Gasteiger partial charge in [0, 0.05) is 31.7 Å². The lowest BCUT2D eigenvalue weighted by molar-refractivity contribution is -0.140. The fourth-order valence-corrected chi connectivity index (χ4v) is 3.59. The Kier molecular flexibility index (Phi) is 9.25. The van der Waals surface area contributed by atoms with Gasteiger partial charge in [0.05, 0.1) is 36.3 Å². The summed E-state index contributed by atoms with van der Waals surface area (Å²) < 4.78 is 43.9. The van der Waals surface area contributed by atoms with E-state index in [1.165, 1.54) is 44.5 Å². The molecular weight excluding hydrogens is 465 g/mol. The fourth-order valence-electron chi connectivity index (χ4n) is 3.21. The van der Waals surface area contributed by atoms with Gasteiger partial charge in [-0.25, -0.2) is 27.1 Å². The molecule has 2 N–H and O–H groups in total. The number of hydrogen-bond acceptors (Lipinski definition) is 7. The van der Waals surface area contributed by atoms with Gasteiger partial charge < -0.3 is 14.9 Å². The molecule has 34 heavy (non-hydrogen) atoms. The van der Waals surface area contributed by atoms with E-state index >= 15 is 0 Å². The third-order valence-electron chi connectivity index (χ3n) is 5.13. The van der Waals surface area contributed by atoms with E-state index in [2.05, 4.69) is 9.97 Å². The van der Waals surface area contributed by atoms with Gasteiger partial charge in [-0.05, 0) is 30.2 Å². The van der Waals surface area contributed by atoms with Crippen LogP contribution >= 0.6 is 0 Å². The predicted molar refractivity (Wildman–Crippen MR) is 127 cm³/mol. The zero-order chi connectivity index (χ0) is 25.6. The summed E-state index contributed by atoms with van der Waals surface area (Å²) in [5, 5.41) is 19.4. The van der Waals surface area contributed by atoms with Crippen LogP contribution in [0.2, 0.25) is 0 Å². The third kappa shape index (κ3) is 7.31. The van der Waals surface area contributed by atoms with Gasteiger partial charge in [-0.3, -0.25) is 4.79 Å². The van der Waals surface area contributed by atoms with Crippen LogP contribution in [0.4, 0.5) is 10.3 Å². The van der Waals surface area contributed by atoms with Crippen molar-refractivity contribution in [1.29, 1.82) is 0 Å². The van der Waals surface area contributed by atoms with Crippen LogP contribution in [0.1, 0.15) is 43.9 Å². The highest BCUT2D eigenvalue weighted by Crippen LogP contribution is 2.31. The first-order valence-corrected chi connectivity index (χ1v) is 12.4. The van der Waals surface area contributed by atoms with Crippen molar-refractivity contribution in [3.05, 3.63) is 47.4 Å². The first kappa shape index (κ1) is 27.4. The van der Waals surface area contributed by atoms with Crippen LogP contribution in [0.15, 0.2) is 30.3 Å². The minimum atomic E-state index is -3.64. The van der Waals surface area contributed by atoms with E-state index in [4.69, 9.17) is 9.84 Å². The highest BCUT2D eigenvalue weighted by Gasteiger charge is 2.22. The number of carboxylic acids is 1. The predicted octanol–water partition coefficient (Wildman–Crippen LogP) is 3.06. The first-order chi connectivity index (χ1) is 15.8. The van der Waals surface area contributed by atoms with Gasteiger partial charge in [-0.1, -0.05) is 26.0 Å². The van der Waals surface area contributed by atoms with Crippen molar-refractivity contribution >= 4 is 28.0 Å². The van der Waals surface area contributed by atoms with Crippen molar-refractivity contribution in [2.24, 2.45) is 0 Å².